The maximum Gasteiger partial charge on any atom is 0.127 e. The molecule has 4 N–H and O–H groups in total. The molecule has 4 nitrogen and oxygen atoms in total. The number of aliphatic hydroxyl groups is 1. The Hall–Kier alpha value is -1.20. The minimum Gasteiger partial charge on any atom is -0.391 e. The Balaban J connectivity index is 2.15. The first kappa shape index (κ1) is 13.2. The number of aliphatic hydroxyl groups excluding tert-OH is 1. The number of anilines is 1. The zero-order valence-electron chi connectivity index (χ0n) is 10.5. The Bertz CT molecular complexity index is 450. The van der Waals surface area contributed by atoms with Gasteiger partial charge in [0, 0.05) is 11.3 Å². The zero-order valence-corrected chi connectivity index (χ0v) is 11.3. The van der Waals surface area contributed by atoms with Gasteiger partial charge < -0.3 is 16.2 Å². The molecule has 1 fully saturated rings. The van der Waals surface area contributed by atoms with Crippen molar-refractivity contribution in [3.05, 3.63) is 23.4 Å². The van der Waals surface area contributed by atoms with E-state index in [1.165, 1.54) is 0 Å². The Labute approximate surface area is 113 Å². The van der Waals surface area contributed by atoms with Crippen molar-refractivity contribution in [3.63, 3.8) is 0 Å². The van der Waals surface area contributed by atoms with Crippen molar-refractivity contribution in [3.8, 4) is 0 Å². The molecule has 5 heteroatoms. The van der Waals surface area contributed by atoms with Gasteiger partial charge in [-0.2, -0.15) is 0 Å². The average Bonchev–Trinajstić information content (AvgIpc) is 2.31. The summed E-state index contributed by atoms with van der Waals surface area (Å²) in [6.07, 6.45) is 3.76. The third kappa shape index (κ3) is 3.17. The molecule has 1 aliphatic carbocycles. The molecule has 1 aromatic rings. The highest BCUT2D eigenvalue weighted by atomic mass is 32.1. The van der Waals surface area contributed by atoms with E-state index in [0.717, 1.165) is 42.8 Å². The summed E-state index contributed by atoms with van der Waals surface area (Å²) in [5.41, 5.74) is 7.32. The highest BCUT2D eigenvalue weighted by Crippen LogP contribution is 2.22. The summed E-state index contributed by atoms with van der Waals surface area (Å²) >= 11 is 4.98. The molecule has 1 heterocycles. The Morgan fingerprint density at radius 2 is 2.17 bits per heavy atom. The summed E-state index contributed by atoms with van der Waals surface area (Å²) in [5.74, 6) is 0.740. The summed E-state index contributed by atoms with van der Waals surface area (Å²) in [4.78, 5) is 4.78. The third-order valence-corrected chi connectivity index (χ3v) is 3.54. The molecule has 2 rings (SSSR count). The first-order valence-corrected chi connectivity index (χ1v) is 6.70. The lowest BCUT2D eigenvalue weighted by Crippen LogP contribution is -2.36. The fourth-order valence-electron chi connectivity index (χ4n) is 2.35. The van der Waals surface area contributed by atoms with Crippen molar-refractivity contribution in [2.75, 3.05) is 5.32 Å². The van der Waals surface area contributed by atoms with E-state index >= 15 is 0 Å². The summed E-state index contributed by atoms with van der Waals surface area (Å²) in [5, 5.41) is 13.2. The molecule has 0 aliphatic heterocycles. The van der Waals surface area contributed by atoms with Crippen LogP contribution in [0.5, 0.6) is 0 Å². The van der Waals surface area contributed by atoms with Gasteiger partial charge in [0.25, 0.3) is 0 Å². The number of nitrogens with zero attached hydrogens (tertiary/aromatic N) is 1. The molecule has 1 aromatic heterocycles. The minimum atomic E-state index is -0.297. The fourth-order valence-corrected chi connectivity index (χ4v) is 2.47. The van der Waals surface area contributed by atoms with Crippen LogP contribution in [0.2, 0.25) is 0 Å². The molecule has 0 bridgehead atoms. The zero-order chi connectivity index (χ0) is 13.1. The molecule has 2 unspecified atom stereocenters. The van der Waals surface area contributed by atoms with E-state index in [2.05, 4.69) is 10.3 Å². The number of pyridine rings is 1. The van der Waals surface area contributed by atoms with Crippen LogP contribution in [0.15, 0.2) is 12.1 Å². The third-order valence-electron chi connectivity index (χ3n) is 3.30. The number of thiocarbonyl (C=S) groups is 1. The van der Waals surface area contributed by atoms with Crippen LogP contribution in [-0.4, -0.2) is 27.2 Å². The molecule has 98 valence electrons. The molecule has 0 amide bonds. The number of nitrogens with one attached hydrogen (secondary N) is 1. The van der Waals surface area contributed by atoms with Gasteiger partial charge >= 0.3 is 0 Å². The predicted molar refractivity (Wildman–Crippen MR) is 76.7 cm³/mol. The summed E-state index contributed by atoms with van der Waals surface area (Å²) in [6.45, 7) is 1.91. The van der Waals surface area contributed by atoms with E-state index in [9.17, 15) is 5.11 Å². The first-order valence-electron chi connectivity index (χ1n) is 6.29. The minimum absolute atomic E-state index is 0.0762. The standard InChI is InChI=1S/C13H19N3OS/c1-8-6-9(13(14)18)7-12(15-8)16-10-4-2-3-5-11(10)17/h6-7,10-11,17H,2-5H2,1H3,(H2,14,18)(H,15,16). The number of hydrogen-bond donors (Lipinski definition) is 3. The van der Waals surface area contributed by atoms with E-state index < -0.39 is 0 Å². The molecule has 2 atom stereocenters. The normalized spacial score (nSPS) is 23.7. The van der Waals surface area contributed by atoms with E-state index in [0.29, 0.717) is 4.99 Å². The molecule has 0 radical (unpaired) electrons. The molecule has 18 heavy (non-hydrogen) atoms. The highest BCUT2D eigenvalue weighted by Gasteiger charge is 2.23. The lowest BCUT2D eigenvalue weighted by Gasteiger charge is -2.29. The first-order chi connectivity index (χ1) is 8.56. The lowest BCUT2D eigenvalue weighted by molar-refractivity contribution is 0.116. The van der Waals surface area contributed by atoms with Crippen LogP contribution >= 0.6 is 12.2 Å². The molecule has 1 saturated carbocycles. The van der Waals surface area contributed by atoms with E-state index in [1.807, 2.05) is 19.1 Å². The molecule has 1 aliphatic rings. The Kier molecular flexibility index (Phi) is 4.14. The van der Waals surface area contributed by atoms with Crippen LogP contribution in [0.4, 0.5) is 5.82 Å². The fraction of sp³-hybridized carbons (Fsp3) is 0.538. The largest absolute Gasteiger partial charge is 0.391 e. The van der Waals surface area contributed by atoms with Gasteiger partial charge in [-0.25, -0.2) is 4.98 Å². The monoisotopic (exact) mass is 265 g/mol. The van der Waals surface area contributed by atoms with Crippen LogP contribution in [0.3, 0.4) is 0 Å². The maximum absolute atomic E-state index is 9.94. The second-order valence-electron chi connectivity index (χ2n) is 4.85. The van der Waals surface area contributed by atoms with Gasteiger partial charge in [0.05, 0.1) is 12.1 Å². The quantitative estimate of drug-likeness (QED) is 0.726. The topological polar surface area (TPSA) is 71.2 Å². The van der Waals surface area contributed by atoms with Gasteiger partial charge in [0.2, 0.25) is 0 Å². The van der Waals surface area contributed by atoms with Crippen LogP contribution in [0.1, 0.15) is 36.9 Å². The van der Waals surface area contributed by atoms with Crippen molar-refractivity contribution in [2.45, 2.75) is 44.8 Å². The van der Waals surface area contributed by atoms with Crippen LogP contribution in [0.25, 0.3) is 0 Å². The van der Waals surface area contributed by atoms with E-state index in [4.69, 9.17) is 18.0 Å². The van der Waals surface area contributed by atoms with Crippen molar-refractivity contribution in [1.29, 1.82) is 0 Å². The number of aryl methyl sites for hydroxylation is 1. The van der Waals surface area contributed by atoms with E-state index in [-0.39, 0.29) is 12.1 Å². The molecule has 0 aromatic carbocycles. The van der Waals surface area contributed by atoms with Gasteiger partial charge in [-0.15, -0.1) is 0 Å². The van der Waals surface area contributed by atoms with Gasteiger partial charge in [-0.05, 0) is 31.9 Å². The molecule has 0 spiro atoms. The van der Waals surface area contributed by atoms with Gasteiger partial charge in [-0.3, -0.25) is 0 Å². The summed E-state index contributed by atoms with van der Waals surface area (Å²) in [6, 6.07) is 3.79. The van der Waals surface area contributed by atoms with E-state index in [1.54, 1.807) is 0 Å². The number of rotatable bonds is 3. The van der Waals surface area contributed by atoms with Crippen molar-refractivity contribution in [2.24, 2.45) is 5.73 Å². The summed E-state index contributed by atoms with van der Waals surface area (Å²) in [7, 11) is 0. The van der Waals surface area contributed by atoms with Crippen molar-refractivity contribution in [1.82, 2.24) is 4.98 Å². The van der Waals surface area contributed by atoms with Crippen LogP contribution in [-0.2, 0) is 0 Å². The van der Waals surface area contributed by atoms with Gasteiger partial charge in [0.1, 0.15) is 10.8 Å². The Morgan fingerprint density at radius 3 is 2.83 bits per heavy atom. The highest BCUT2D eigenvalue weighted by molar-refractivity contribution is 7.80. The summed E-state index contributed by atoms with van der Waals surface area (Å²) < 4.78 is 0. The van der Waals surface area contributed by atoms with Crippen LogP contribution in [0, 0.1) is 6.92 Å². The second kappa shape index (κ2) is 5.63. The lowest BCUT2D eigenvalue weighted by atomic mass is 9.92. The smallest absolute Gasteiger partial charge is 0.127 e. The maximum atomic E-state index is 9.94. The molecular weight excluding hydrogens is 246 g/mol. The van der Waals surface area contributed by atoms with Crippen molar-refractivity contribution >= 4 is 23.0 Å². The van der Waals surface area contributed by atoms with Crippen LogP contribution < -0.4 is 11.1 Å². The SMILES string of the molecule is Cc1cc(C(N)=S)cc(NC2CCCCC2O)n1. The molecular formula is C13H19N3OS. The van der Waals surface area contributed by atoms with Gasteiger partial charge in [0.15, 0.2) is 0 Å². The number of aromatic nitrogens is 1. The number of nitrogens with two attached hydrogens (primary N) is 1. The molecule has 0 saturated heterocycles. The predicted octanol–water partition coefficient (Wildman–Crippen LogP) is 1.74. The average molecular weight is 265 g/mol. The van der Waals surface area contributed by atoms with Crippen molar-refractivity contribution < 1.29 is 5.11 Å². The number of hydrogen-bond acceptors (Lipinski definition) is 4. The van der Waals surface area contributed by atoms with Gasteiger partial charge in [-0.1, -0.05) is 25.1 Å². The second-order valence-corrected chi connectivity index (χ2v) is 5.29. The Morgan fingerprint density at radius 1 is 1.44 bits per heavy atom.